The van der Waals surface area contributed by atoms with Crippen molar-refractivity contribution in [3.05, 3.63) is 53.1 Å². The molecule has 0 heterocycles. The standard InChI is InChI=1S/C17H18ClNO2/c1-12(2)21-17-13(5-4-6-16(17)20-3)11-19-15-9-7-14(18)8-10-15/h4-12H,1-3H3. The first kappa shape index (κ1) is 15.4. The van der Waals surface area contributed by atoms with Gasteiger partial charge in [-0.1, -0.05) is 17.7 Å². The van der Waals surface area contributed by atoms with Crippen LogP contribution in [-0.2, 0) is 0 Å². The summed E-state index contributed by atoms with van der Waals surface area (Å²) in [6, 6.07) is 13.1. The van der Waals surface area contributed by atoms with E-state index < -0.39 is 0 Å². The number of hydrogen-bond donors (Lipinski definition) is 0. The van der Waals surface area contributed by atoms with Gasteiger partial charge in [-0.2, -0.15) is 0 Å². The van der Waals surface area contributed by atoms with Gasteiger partial charge < -0.3 is 9.47 Å². The number of hydrogen-bond acceptors (Lipinski definition) is 3. The molecule has 0 unspecified atom stereocenters. The van der Waals surface area contributed by atoms with Gasteiger partial charge in [-0.3, -0.25) is 4.99 Å². The lowest BCUT2D eigenvalue weighted by Gasteiger charge is -2.15. The number of benzene rings is 2. The summed E-state index contributed by atoms with van der Waals surface area (Å²) >= 11 is 5.86. The first-order chi connectivity index (χ1) is 10.1. The molecule has 0 fully saturated rings. The van der Waals surface area contributed by atoms with Gasteiger partial charge in [-0.15, -0.1) is 0 Å². The second-order valence-corrected chi connectivity index (χ2v) is 5.22. The van der Waals surface area contributed by atoms with Crippen molar-refractivity contribution >= 4 is 23.5 Å². The number of para-hydroxylation sites is 1. The molecule has 0 spiro atoms. The molecule has 0 aliphatic carbocycles. The normalized spacial score (nSPS) is 11.1. The number of nitrogens with zero attached hydrogens (tertiary/aromatic N) is 1. The van der Waals surface area contributed by atoms with E-state index in [9.17, 15) is 0 Å². The molecule has 0 saturated carbocycles. The summed E-state index contributed by atoms with van der Waals surface area (Å²) < 4.78 is 11.2. The van der Waals surface area contributed by atoms with E-state index in [4.69, 9.17) is 21.1 Å². The Morgan fingerprint density at radius 2 is 1.81 bits per heavy atom. The number of ether oxygens (including phenoxy) is 2. The molecule has 0 amide bonds. The van der Waals surface area contributed by atoms with Gasteiger partial charge in [0.2, 0.25) is 0 Å². The summed E-state index contributed by atoms with van der Waals surface area (Å²) in [5.41, 5.74) is 1.70. The molecule has 0 aliphatic heterocycles. The van der Waals surface area contributed by atoms with Gasteiger partial charge in [-0.05, 0) is 50.2 Å². The van der Waals surface area contributed by atoms with E-state index in [1.54, 1.807) is 13.3 Å². The van der Waals surface area contributed by atoms with Crippen LogP contribution in [0.5, 0.6) is 11.5 Å². The number of methoxy groups -OCH3 is 1. The van der Waals surface area contributed by atoms with E-state index in [0.29, 0.717) is 16.5 Å². The second kappa shape index (κ2) is 7.14. The van der Waals surface area contributed by atoms with Crippen molar-refractivity contribution in [3.63, 3.8) is 0 Å². The zero-order chi connectivity index (χ0) is 15.2. The average Bonchev–Trinajstić information content (AvgIpc) is 2.47. The monoisotopic (exact) mass is 303 g/mol. The lowest BCUT2D eigenvalue weighted by molar-refractivity contribution is 0.230. The zero-order valence-electron chi connectivity index (χ0n) is 12.3. The van der Waals surface area contributed by atoms with E-state index >= 15 is 0 Å². The third-order valence-electron chi connectivity index (χ3n) is 2.76. The van der Waals surface area contributed by atoms with Crippen molar-refractivity contribution in [2.45, 2.75) is 20.0 Å². The summed E-state index contributed by atoms with van der Waals surface area (Å²) in [4.78, 5) is 4.44. The second-order valence-electron chi connectivity index (χ2n) is 4.78. The minimum absolute atomic E-state index is 0.0592. The fraction of sp³-hybridized carbons (Fsp3) is 0.235. The fourth-order valence-corrected chi connectivity index (χ4v) is 1.95. The van der Waals surface area contributed by atoms with Crippen LogP contribution in [0.25, 0.3) is 0 Å². The van der Waals surface area contributed by atoms with Crippen molar-refractivity contribution in [2.24, 2.45) is 4.99 Å². The summed E-state index contributed by atoms with van der Waals surface area (Å²) in [5, 5.41) is 0.694. The summed E-state index contributed by atoms with van der Waals surface area (Å²) in [6.45, 7) is 3.96. The topological polar surface area (TPSA) is 30.8 Å². The van der Waals surface area contributed by atoms with Gasteiger partial charge in [0.25, 0.3) is 0 Å². The molecule has 2 aromatic carbocycles. The van der Waals surface area contributed by atoms with E-state index in [-0.39, 0.29) is 6.10 Å². The lowest BCUT2D eigenvalue weighted by Crippen LogP contribution is -2.08. The molecule has 2 rings (SSSR count). The molecule has 21 heavy (non-hydrogen) atoms. The Balaban J connectivity index is 2.32. The molecule has 0 aromatic heterocycles. The molecule has 2 aromatic rings. The minimum Gasteiger partial charge on any atom is -0.493 e. The highest BCUT2D eigenvalue weighted by atomic mass is 35.5. The average molecular weight is 304 g/mol. The van der Waals surface area contributed by atoms with E-state index in [0.717, 1.165) is 11.3 Å². The van der Waals surface area contributed by atoms with Gasteiger partial charge in [0.15, 0.2) is 11.5 Å². The Labute approximate surface area is 130 Å². The molecule has 0 saturated heterocycles. The van der Waals surface area contributed by atoms with Crippen LogP contribution >= 0.6 is 11.6 Å². The van der Waals surface area contributed by atoms with Crippen LogP contribution in [0.3, 0.4) is 0 Å². The van der Waals surface area contributed by atoms with Gasteiger partial charge in [0, 0.05) is 16.8 Å². The SMILES string of the molecule is COc1cccc(C=Nc2ccc(Cl)cc2)c1OC(C)C. The maximum atomic E-state index is 5.86. The molecule has 3 nitrogen and oxygen atoms in total. The molecule has 4 heteroatoms. The van der Waals surface area contributed by atoms with Crippen LogP contribution in [0.2, 0.25) is 5.02 Å². The molecular formula is C17H18ClNO2. The molecule has 0 bridgehead atoms. The first-order valence-corrected chi connectivity index (χ1v) is 7.11. The van der Waals surface area contributed by atoms with Crippen LogP contribution in [0.4, 0.5) is 5.69 Å². The van der Waals surface area contributed by atoms with Gasteiger partial charge >= 0.3 is 0 Å². The molecular weight excluding hydrogens is 286 g/mol. The predicted octanol–water partition coefficient (Wildman–Crippen LogP) is 4.89. The largest absolute Gasteiger partial charge is 0.493 e. The minimum atomic E-state index is 0.0592. The Kier molecular flexibility index (Phi) is 5.23. The van der Waals surface area contributed by atoms with Crippen molar-refractivity contribution in [2.75, 3.05) is 7.11 Å². The van der Waals surface area contributed by atoms with Gasteiger partial charge in [0.1, 0.15) is 0 Å². The van der Waals surface area contributed by atoms with Crippen LogP contribution in [0.1, 0.15) is 19.4 Å². The lowest BCUT2D eigenvalue weighted by atomic mass is 10.2. The maximum absolute atomic E-state index is 5.86. The third-order valence-corrected chi connectivity index (χ3v) is 3.01. The smallest absolute Gasteiger partial charge is 0.170 e. The van der Waals surface area contributed by atoms with Crippen molar-refractivity contribution in [1.29, 1.82) is 0 Å². The molecule has 0 N–H and O–H groups in total. The van der Waals surface area contributed by atoms with Crippen molar-refractivity contribution in [1.82, 2.24) is 0 Å². The zero-order valence-corrected chi connectivity index (χ0v) is 13.1. The van der Waals surface area contributed by atoms with Crippen molar-refractivity contribution < 1.29 is 9.47 Å². The Morgan fingerprint density at radius 3 is 2.43 bits per heavy atom. The van der Waals surface area contributed by atoms with Gasteiger partial charge in [-0.25, -0.2) is 0 Å². The van der Waals surface area contributed by atoms with Crippen LogP contribution in [0, 0.1) is 0 Å². The highest BCUT2D eigenvalue weighted by molar-refractivity contribution is 6.30. The first-order valence-electron chi connectivity index (χ1n) is 6.73. The highest BCUT2D eigenvalue weighted by Gasteiger charge is 2.10. The van der Waals surface area contributed by atoms with Crippen LogP contribution in [-0.4, -0.2) is 19.4 Å². The predicted molar refractivity (Wildman–Crippen MR) is 87.5 cm³/mol. The van der Waals surface area contributed by atoms with Gasteiger partial charge in [0.05, 0.1) is 18.9 Å². The summed E-state index contributed by atoms with van der Waals surface area (Å²) in [6.07, 6.45) is 1.83. The Bertz CT molecular complexity index is 621. The third kappa shape index (κ3) is 4.23. The van der Waals surface area contributed by atoms with Crippen molar-refractivity contribution in [3.8, 4) is 11.5 Å². The van der Waals surface area contributed by atoms with E-state index in [1.165, 1.54) is 0 Å². The fourth-order valence-electron chi connectivity index (χ4n) is 1.83. The highest BCUT2D eigenvalue weighted by Crippen LogP contribution is 2.31. The van der Waals surface area contributed by atoms with E-state index in [1.807, 2.05) is 56.3 Å². The molecule has 0 atom stereocenters. The maximum Gasteiger partial charge on any atom is 0.170 e. The molecule has 0 radical (unpaired) electrons. The number of aliphatic imine (C=N–C) groups is 1. The Morgan fingerprint density at radius 1 is 1.10 bits per heavy atom. The number of rotatable bonds is 5. The quantitative estimate of drug-likeness (QED) is 0.737. The molecule has 0 aliphatic rings. The summed E-state index contributed by atoms with van der Waals surface area (Å²) in [5.74, 6) is 1.40. The Hall–Kier alpha value is -2.00. The van der Waals surface area contributed by atoms with Crippen LogP contribution in [0.15, 0.2) is 47.5 Å². The van der Waals surface area contributed by atoms with E-state index in [2.05, 4.69) is 4.99 Å². The number of halogens is 1. The van der Waals surface area contributed by atoms with Crippen LogP contribution < -0.4 is 9.47 Å². The summed E-state index contributed by atoms with van der Waals surface area (Å²) in [7, 11) is 1.63. The molecule has 110 valence electrons.